The number of nitrogens with one attached hydrogen (secondary N) is 2. The molecular formula is C21H29N7O3. The lowest BCUT2D eigenvalue weighted by atomic mass is 10.0. The number of nitrogens with zero attached hydrogens (tertiary/aromatic N) is 3. The third-order valence-electron chi connectivity index (χ3n) is 4.89. The second-order valence-corrected chi connectivity index (χ2v) is 7.82. The SMILES string of the molecule is CC(C)CC(Nc1ncc(C(N)=O)c(Nc2cccc(N3CCOCC3)c2)n1)C(N)=O. The van der Waals surface area contributed by atoms with Gasteiger partial charge in [-0.2, -0.15) is 4.98 Å². The van der Waals surface area contributed by atoms with Crippen molar-refractivity contribution in [3.8, 4) is 0 Å². The molecule has 1 saturated heterocycles. The number of nitrogens with two attached hydrogens (primary N) is 2. The molecule has 1 atom stereocenters. The molecule has 1 aliphatic heterocycles. The third kappa shape index (κ3) is 6.05. The molecule has 0 radical (unpaired) electrons. The molecule has 1 aromatic heterocycles. The number of rotatable bonds is 9. The maximum Gasteiger partial charge on any atom is 0.254 e. The first-order chi connectivity index (χ1) is 14.8. The van der Waals surface area contributed by atoms with E-state index in [9.17, 15) is 9.59 Å². The van der Waals surface area contributed by atoms with Crippen molar-refractivity contribution in [2.45, 2.75) is 26.3 Å². The lowest BCUT2D eigenvalue weighted by Crippen LogP contribution is -2.37. The molecule has 10 nitrogen and oxygen atoms in total. The standard InChI is InChI=1S/C21H29N7O3/c1-13(2)10-17(19(23)30)26-21-24-12-16(18(22)29)20(27-21)25-14-4-3-5-15(11-14)28-6-8-31-9-7-28/h3-5,11-13,17H,6-10H2,1-2H3,(H2,22,29)(H2,23,30)(H2,24,25,26,27). The predicted molar refractivity (Wildman–Crippen MR) is 119 cm³/mol. The number of carbonyl (C=O) groups excluding carboxylic acids is 2. The minimum absolute atomic E-state index is 0.141. The van der Waals surface area contributed by atoms with E-state index in [1.54, 1.807) is 0 Å². The number of primary amides is 2. The lowest BCUT2D eigenvalue weighted by molar-refractivity contribution is -0.119. The molecule has 1 unspecified atom stereocenters. The van der Waals surface area contributed by atoms with Gasteiger partial charge in [0.25, 0.3) is 5.91 Å². The Morgan fingerprint density at radius 2 is 1.97 bits per heavy atom. The minimum Gasteiger partial charge on any atom is -0.378 e. The van der Waals surface area contributed by atoms with E-state index < -0.39 is 17.9 Å². The molecule has 1 aliphatic rings. The van der Waals surface area contributed by atoms with E-state index in [4.69, 9.17) is 16.2 Å². The fraction of sp³-hybridized carbons (Fsp3) is 0.429. The zero-order valence-corrected chi connectivity index (χ0v) is 17.8. The van der Waals surface area contributed by atoms with Gasteiger partial charge in [0, 0.05) is 30.7 Å². The molecule has 0 aliphatic carbocycles. The number of ether oxygens (including phenoxy) is 1. The number of benzene rings is 1. The average Bonchev–Trinajstić information content (AvgIpc) is 2.74. The smallest absolute Gasteiger partial charge is 0.254 e. The Bertz CT molecular complexity index is 929. The van der Waals surface area contributed by atoms with Gasteiger partial charge < -0.3 is 31.7 Å². The first kappa shape index (κ1) is 22.3. The monoisotopic (exact) mass is 427 g/mol. The van der Waals surface area contributed by atoms with Crippen LogP contribution in [0.3, 0.4) is 0 Å². The molecule has 31 heavy (non-hydrogen) atoms. The summed E-state index contributed by atoms with van der Waals surface area (Å²) in [7, 11) is 0. The van der Waals surface area contributed by atoms with Gasteiger partial charge in [0.05, 0.1) is 13.2 Å². The van der Waals surface area contributed by atoms with Crippen molar-refractivity contribution in [2.24, 2.45) is 17.4 Å². The number of anilines is 4. The van der Waals surface area contributed by atoms with Crippen LogP contribution in [-0.2, 0) is 9.53 Å². The topological polar surface area (TPSA) is 148 Å². The molecule has 6 N–H and O–H groups in total. The highest BCUT2D eigenvalue weighted by Crippen LogP contribution is 2.25. The second-order valence-electron chi connectivity index (χ2n) is 7.82. The van der Waals surface area contributed by atoms with Crippen LogP contribution in [0.2, 0.25) is 0 Å². The molecule has 2 aromatic rings. The van der Waals surface area contributed by atoms with Crippen molar-refractivity contribution in [3.05, 3.63) is 36.0 Å². The van der Waals surface area contributed by atoms with Crippen LogP contribution in [0.4, 0.5) is 23.1 Å². The first-order valence-electron chi connectivity index (χ1n) is 10.3. The third-order valence-corrected chi connectivity index (χ3v) is 4.89. The fourth-order valence-corrected chi connectivity index (χ4v) is 3.34. The molecule has 2 amide bonds. The number of hydrogen-bond donors (Lipinski definition) is 4. The van der Waals surface area contributed by atoms with Crippen LogP contribution in [0, 0.1) is 5.92 Å². The Morgan fingerprint density at radius 3 is 2.61 bits per heavy atom. The van der Waals surface area contributed by atoms with Crippen molar-refractivity contribution >= 4 is 35.0 Å². The lowest BCUT2D eigenvalue weighted by Gasteiger charge is -2.29. The molecular weight excluding hydrogens is 398 g/mol. The summed E-state index contributed by atoms with van der Waals surface area (Å²) < 4.78 is 5.41. The number of morpholine rings is 1. The summed E-state index contributed by atoms with van der Waals surface area (Å²) in [5, 5.41) is 6.11. The van der Waals surface area contributed by atoms with Crippen LogP contribution in [0.15, 0.2) is 30.5 Å². The molecule has 0 saturated carbocycles. The highest BCUT2D eigenvalue weighted by molar-refractivity contribution is 5.98. The Balaban J connectivity index is 1.84. The summed E-state index contributed by atoms with van der Waals surface area (Å²) in [5.74, 6) is -0.482. The van der Waals surface area contributed by atoms with E-state index in [1.807, 2.05) is 38.1 Å². The van der Waals surface area contributed by atoms with Crippen LogP contribution < -0.4 is 27.0 Å². The summed E-state index contributed by atoms with van der Waals surface area (Å²) in [5.41, 5.74) is 12.9. The summed E-state index contributed by atoms with van der Waals surface area (Å²) >= 11 is 0. The maximum absolute atomic E-state index is 11.9. The summed E-state index contributed by atoms with van der Waals surface area (Å²) in [4.78, 5) is 34.4. The van der Waals surface area contributed by atoms with Crippen molar-refractivity contribution in [2.75, 3.05) is 41.8 Å². The maximum atomic E-state index is 11.9. The molecule has 10 heteroatoms. The molecule has 0 spiro atoms. The van der Waals surface area contributed by atoms with E-state index >= 15 is 0 Å². The van der Waals surface area contributed by atoms with Gasteiger partial charge in [-0.15, -0.1) is 0 Å². The second kappa shape index (κ2) is 10.1. The molecule has 166 valence electrons. The Morgan fingerprint density at radius 1 is 1.23 bits per heavy atom. The van der Waals surface area contributed by atoms with Gasteiger partial charge >= 0.3 is 0 Å². The molecule has 1 aromatic carbocycles. The number of carbonyl (C=O) groups is 2. The van der Waals surface area contributed by atoms with Gasteiger partial charge in [-0.3, -0.25) is 9.59 Å². The van der Waals surface area contributed by atoms with Gasteiger partial charge in [-0.25, -0.2) is 4.98 Å². The summed E-state index contributed by atoms with van der Waals surface area (Å²) in [6.07, 6.45) is 1.86. The van der Waals surface area contributed by atoms with Crippen LogP contribution in [0.25, 0.3) is 0 Å². The highest BCUT2D eigenvalue weighted by Gasteiger charge is 2.20. The predicted octanol–water partition coefficient (Wildman–Crippen LogP) is 1.47. The number of hydrogen-bond acceptors (Lipinski definition) is 8. The highest BCUT2D eigenvalue weighted by atomic mass is 16.5. The van der Waals surface area contributed by atoms with E-state index in [0.717, 1.165) is 24.5 Å². The van der Waals surface area contributed by atoms with Crippen molar-refractivity contribution < 1.29 is 14.3 Å². The number of amides is 2. The van der Waals surface area contributed by atoms with Gasteiger partial charge in [-0.05, 0) is 30.5 Å². The van der Waals surface area contributed by atoms with Crippen LogP contribution in [0.1, 0.15) is 30.6 Å². The quantitative estimate of drug-likeness (QED) is 0.470. The Kier molecular flexibility index (Phi) is 7.24. The van der Waals surface area contributed by atoms with E-state index in [1.165, 1.54) is 6.20 Å². The minimum atomic E-state index is -0.660. The summed E-state index contributed by atoms with van der Waals surface area (Å²) in [6, 6.07) is 7.15. The molecule has 3 rings (SSSR count). The van der Waals surface area contributed by atoms with E-state index in [2.05, 4.69) is 25.5 Å². The van der Waals surface area contributed by atoms with Gasteiger partial charge in [-0.1, -0.05) is 19.9 Å². The van der Waals surface area contributed by atoms with E-state index in [-0.39, 0.29) is 23.2 Å². The largest absolute Gasteiger partial charge is 0.378 e. The Labute approximate surface area is 181 Å². The van der Waals surface area contributed by atoms with Gasteiger partial charge in [0.1, 0.15) is 17.4 Å². The van der Waals surface area contributed by atoms with Crippen LogP contribution in [0.5, 0.6) is 0 Å². The molecule has 0 bridgehead atoms. The average molecular weight is 428 g/mol. The van der Waals surface area contributed by atoms with Crippen molar-refractivity contribution in [3.63, 3.8) is 0 Å². The van der Waals surface area contributed by atoms with Crippen molar-refractivity contribution in [1.82, 2.24) is 9.97 Å². The zero-order valence-electron chi connectivity index (χ0n) is 17.8. The zero-order chi connectivity index (χ0) is 22.4. The van der Waals surface area contributed by atoms with Crippen LogP contribution >= 0.6 is 0 Å². The normalized spacial score (nSPS) is 14.9. The van der Waals surface area contributed by atoms with Crippen molar-refractivity contribution in [1.29, 1.82) is 0 Å². The molecule has 2 heterocycles. The van der Waals surface area contributed by atoms with Gasteiger partial charge in [0.15, 0.2) is 0 Å². The molecule has 1 fully saturated rings. The Hall–Kier alpha value is -3.40. The summed E-state index contributed by atoms with van der Waals surface area (Å²) in [6.45, 7) is 6.96. The van der Waals surface area contributed by atoms with Gasteiger partial charge in [0.2, 0.25) is 11.9 Å². The number of aromatic nitrogens is 2. The van der Waals surface area contributed by atoms with Crippen LogP contribution in [-0.4, -0.2) is 54.1 Å². The first-order valence-corrected chi connectivity index (χ1v) is 10.3. The fourth-order valence-electron chi connectivity index (χ4n) is 3.34. The van der Waals surface area contributed by atoms with E-state index in [0.29, 0.717) is 19.6 Å².